The topological polar surface area (TPSA) is 53.1 Å². The molecule has 0 saturated heterocycles. The van der Waals surface area contributed by atoms with Gasteiger partial charge in [-0.05, 0) is 63.1 Å². The number of benzene rings is 1. The third-order valence-electron chi connectivity index (χ3n) is 3.15. The van der Waals surface area contributed by atoms with Gasteiger partial charge in [0, 0.05) is 5.69 Å². The van der Waals surface area contributed by atoms with Gasteiger partial charge in [-0.2, -0.15) is 5.10 Å². The second kappa shape index (κ2) is 6.38. The Kier molecular flexibility index (Phi) is 4.58. The molecule has 0 aliphatic rings. The zero-order chi connectivity index (χ0) is 13.7. The minimum absolute atomic E-state index is 0.684. The Hall–Kier alpha value is -1.81. The molecule has 1 aromatic heterocycles. The lowest BCUT2D eigenvalue weighted by molar-refractivity contribution is 0.340. The molecule has 4 nitrogen and oxygen atoms in total. The average Bonchev–Trinajstić information content (AvgIpc) is 2.79. The van der Waals surface area contributed by atoms with Gasteiger partial charge in [-0.15, -0.1) is 0 Å². The molecule has 2 rings (SSSR count). The van der Waals surface area contributed by atoms with Crippen LogP contribution in [0, 0.1) is 6.92 Å². The Morgan fingerprint density at radius 3 is 2.63 bits per heavy atom. The molecule has 0 amide bonds. The molecular formula is C15H21N3O. The van der Waals surface area contributed by atoms with Crippen molar-refractivity contribution in [3.8, 4) is 11.4 Å². The number of hydrogen-bond donors (Lipinski definition) is 1. The van der Waals surface area contributed by atoms with Crippen LogP contribution in [0.15, 0.2) is 30.5 Å². The summed E-state index contributed by atoms with van der Waals surface area (Å²) in [6, 6.07) is 7.99. The van der Waals surface area contributed by atoms with Crippen molar-refractivity contribution >= 4 is 0 Å². The number of nitrogens with two attached hydrogens (primary N) is 1. The van der Waals surface area contributed by atoms with E-state index in [1.165, 1.54) is 11.3 Å². The van der Waals surface area contributed by atoms with Gasteiger partial charge in [-0.3, -0.25) is 0 Å². The number of aromatic nitrogens is 2. The molecule has 19 heavy (non-hydrogen) atoms. The van der Waals surface area contributed by atoms with E-state index in [0.29, 0.717) is 13.2 Å². The summed E-state index contributed by atoms with van der Waals surface area (Å²) in [5.74, 6) is 0.888. The maximum Gasteiger partial charge on any atom is 0.119 e. The van der Waals surface area contributed by atoms with E-state index in [1.54, 1.807) is 0 Å². The van der Waals surface area contributed by atoms with E-state index in [-0.39, 0.29) is 0 Å². The van der Waals surface area contributed by atoms with E-state index in [4.69, 9.17) is 10.5 Å². The highest BCUT2D eigenvalue weighted by Gasteiger charge is 2.07. The van der Waals surface area contributed by atoms with Crippen molar-refractivity contribution in [1.82, 2.24) is 9.78 Å². The second-order valence-corrected chi connectivity index (χ2v) is 4.49. The highest BCUT2D eigenvalue weighted by atomic mass is 16.5. The Morgan fingerprint density at radius 1 is 1.26 bits per heavy atom. The third-order valence-corrected chi connectivity index (χ3v) is 3.15. The van der Waals surface area contributed by atoms with Crippen LogP contribution in [-0.4, -0.2) is 22.9 Å². The second-order valence-electron chi connectivity index (χ2n) is 4.49. The first-order valence-electron chi connectivity index (χ1n) is 6.73. The van der Waals surface area contributed by atoms with Gasteiger partial charge in [0.05, 0.1) is 18.5 Å². The van der Waals surface area contributed by atoms with Gasteiger partial charge >= 0.3 is 0 Å². The smallest absolute Gasteiger partial charge is 0.119 e. The molecule has 0 radical (unpaired) electrons. The molecule has 0 unspecified atom stereocenters. The molecule has 2 aromatic rings. The lowest BCUT2D eigenvalue weighted by Crippen LogP contribution is -2.02. The highest BCUT2D eigenvalue weighted by Crippen LogP contribution is 2.18. The summed E-state index contributed by atoms with van der Waals surface area (Å²) >= 11 is 0. The van der Waals surface area contributed by atoms with Crippen LogP contribution < -0.4 is 10.5 Å². The summed E-state index contributed by atoms with van der Waals surface area (Å²) < 4.78 is 7.40. The molecule has 0 aliphatic heterocycles. The Balaban J connectivity index is 2.19. The number of ether oxygens (including phenoxy) is 1. The van der Waals surface area contributed by atoms with E-state index in [1.807, 2.05) is 42.1 Å². The lowest BCUT2D eigenvalue weighted by Gasteiger charge is -2.07. The lowest BCUT2D eigenvalue weighted by atomic mass is 10.1. The van der Waals surface area contributed by atoms with Gasteiger partial charge in [0.25, 0.3) is 0 Å². The van der Waals surface area contributed by atoms with Crippen LogP contribution in [0.4, 0.5) is 0 Å². The van der Waals surface area contributed by atoms with Crippen molar-refractivity contribution in [2.45, 2.75) is 26.7 Å². The summed E-state index contributed by atoms with van der Waals surface area (Å²) in [4.78, 5) is 0. The molecular weight excluding hydrogens is 238 g/mol. The van der Waals surface area contributed by atoms with Gasteiger partial charge < -0.3 is 10.5 Å². The monoisotopic (exact) mass is 259 g/mol. The zero-order valence-electron chi connectivity index (χ0n) is 11.6. The van der Waals surface area contributed by atoms with Crippen LogP contribution in [0.25, 0.3) is 5.69 Å². The molecule has 102 valence electrons. The third kappa shape index (κ3) is 3.15. The molecule has 1 aromatic carbocycles. The molecule has 1 heterocycles. The predicted molar refractivity (Wildman–Crippen MR) is 76.8 cm³/mol. The first-order valence-corrected chi connectivity index (χ1v) is 6.73. The predicted octanol–water partition coefficient (Wildman–Crippen LogP) is 2.47. The van der Waals surface area contributed by atoms with Gasteiger partial charge in [0.2, 0.25) is 0 Å². The fourth-order valence-corrected chi connectivity index (χ4v) is 2.09. The summed E-state index contributed by atoms with van der Waals surface area (Å²) in [7, 11) is 0. The molecule has 2 N–H and O–H groups in total. The fraction of sp³-hybridized carbons (Fsp3) is 0.400. The quantitative estimate of drug-likeness (QED) is 0.867. The molecule has 0 spiro atoms. The number of hydrogen-bond acceptors (Lipinski definition) is 3. The normalized spacial score (nSPS) is 10.7. The molecule has 0 aliphatic carbocycles. The maximum absolute atomic E-state index is 5.55. The first kappa shape index (κ1) is 13.6. The summed E-state index contributed by atoms with van der Waals surface area (Å²) in [5, 5.41) is 4.45. The largest absolute Gasteiger partial charge is 0.494 e. The van der Waals surface area contributed by atoms with Crippen LogP contribution >= 0.6 is 0 Å². The van der Waals surface area contributed by atoms with E-state index in [9.17, 15) is 0 Å². The standard InChI is InChI=1S/C15H21N3O/c1-3-19-15-8-6-14(7-9-15)18-12(2)13(11-17-18)5-4-10-16/h6-9,11H,3-5,10,16H2,1-2H3. The van der Waals surface area contributed by atoms with E-state index in [2.05, 4.69) is 12.0 Å². The molecule has 4 heteroatoms. The van der Waals surface area contributed by atoms with Crippen LogP contribution in [0.1, 0.15) is 24.6 Å². The number of rotatable bonds is 6. The van der Waals surface area contributed by atoms with Crippen molar-refractivity contribution in [2.75, 3.05) is 13.2 Å². The average molecular weight is 259 g/mol. The van der Waals surface area contributed by atoms with Gasteiger partial charge in [0.15, 0.2) is 0 Å². The van der Waals surface area contributed by atoms with Crippen molar-refractivity contribution in [3.63, 3.8) is 0 Å². The minimum atomic E-state index is 0.684. The highest BCUT2D eigenvalue weighted by molar-refractivity contribution is 5.39. The summed E-state index contributed by atoms with van der Waals surface area (Å²) in [5.41, 5.74) is 9.05. The Labute approximate surface area is 114 Å². The number of nitrogens with zero attached hydrogens (tertiary/aromatic N) is 2. The van der Waals surface area contributed by atoms with Gasteiger partial charge in [0.1, 0.15) is 5.75 Å². The SMILES string of the molecule is CCOc1ccc(-n2ncc(CCCN)c2C)cc1. The zero-order valence-corrected chi connectivity index (χ0v) is 11.6. The van der Waals surface area contributed by atoms with Crippen LogP contribution in [0.5, 0.6) is 5.75 Å². The fourth-order valence-electron chi connectivity index (χ4n) is 2.09. The van der Waals surface area contributed by atoms with E-state index < -0.39 is 0 Å². The molecule has 0 fully saturated rings. The summed E-state index contributed by atoms with van der Waals surface area (Å²) in [6.45, 7) is 5.47. The summed E-state index contributed by atoms with van der Waals surface area (Å²) in [6.07, 6.45) is 3.91. The number of aryl methyl sites for hydroxylation is 1. The molecule has 0 bridgehead atoms. The van der Waals surface area contributed by atoms with Crippen molar-refractivity contribution in [3.05, 3.63) is 41.7 Å². The first-order chi connectivity index (χ1) is 9.26. The molecule has 0 saturated carbocycles. The van der Waals surface area contributed by atoms with E-state index >= 15 is 0 Å². The Bertz CT molecular complexity index is 517. The minimum Gasteiger partial charge on any atom is -0.494 e. The van der Waals surface area contributed by atoms with Gasteiger partial charge in [-0.1, -0.05) is 0 Å². The van der Waals surface area contributed by atoms with Crippen molar-refractivity contribution < 1.29 is 4.74 Å². The van der Waals surface area contributed by atoms with E-state index in [0.717, 1.165) is 24.3 Å². The van der Waals surface area contributed by atoms with Crippen LogP contribution in [0.2, 0.25) is 0 Å². The van der Waals surface area contributed by atoms with Crippen LogP contribution in [0.3, 0.4) is 0 Å². The Morgan fingerprint density at radius 2 is 2.00 bits per heavy atom. The van der Waals surface area contributed by atoms with Gasteiger partial charge in [-0.25, -0.2) is 4.68 Å². The van der Waals surface area contributed by atoms with Crippen LogP contribution in [-0.2, 0) is 6.42 Å². The maximum atomic E-state index is 5.55. The van der Waals surface area contributed by atoms with Crippen molar-refractivity contribution in [2.24, 2.45) is 5.73 Å². The molecule has 0 atom stereocenters. The van der Waals surface area contributed by atoms with Crippen molar-refractivity contribution in [1.29, 1.82) is 0 Å².